The minimum Gasteiger partial charge on any atom is -0.504 e. The molecule has 1 saturated carbocycles. The van der Waals surface area contributed by atoms with Crippen LogP contribution in [0.25, 0.3) is 0 Å². The minimum atomic E-state index is -0.414. The number of carbonyl (C=O) groups is 2. The average molecular weight is 501 g/mol. The van der Waals surface area contributed by atoms with E-state index in [1.165, 1.54) is 13.0 Å². The first kappa shape index (κ1) is 23.9. The van der Waals surface area contributed by atoms with Crippen LogP contribution in [0, 0.1) is 24.7 Å². The highest BCUT2D eigenvalue weighted by atomic mass is 16.5. The van der Waals surface area contributed by atoms with Crippen molar-refractivity contribution in [1.29, 1.82) is 0 Å². The molecule has 2 fully saturated rings. The molecule has 0 unspecified atom stereocenters. The van der Waals surface area contributed by atoms with Crippen molar-refractivity contribution in [2.24, 2.45) is 5.92 Å². The minimum absolute atomic E-state index is 0.0122. The molecule has 6 rings (SSSR count). The maximum Gasteiger partial charge on any atom is 0.308 e. The van der Waals surface area contributed by atoms with Gasteiger partial charge in [-0.2, -0.15) is 0 Å². The summed E-state index contributed by atoms with van der Waals surface area (Å²) in [5, 5.41) is 11.0. The normalized spacial score (nSPS) is 28.9. The first-order valence-corrected chi connectivity index (χ1v) is 13.0. The standard InChI is InChI=1S/C30H32N2O5/c1-17-6-5-7-19(14-17)8-11-26(35)32(4)22-10-9-21-23-15-20-25(36-18(2)33)16-24(34)28-27(20)30(21,29(22)37-28)12-13-31(23)3/h5-7,14,16,21-23,29,34H,9-10,12-13,15H2,1-4H3/t21-,22-,23+,29-,30-/m0/s1. The molecule has 2 heterocycles. The van der Waals surface area contributed by atoms with E-state index in [0.29, 0.717) is 17.4 Å². The van der Waals surface area contributed by atoms with Crippen LogP contribution in [0.3, 0.4) is 0 Å². The van der Waals surface area contributed by atoms with Crippen LogP contribution < -0.4 is 9.47 Å². The Morgan fingerprint density at radius 3 is 2.84 bits per heavy atom. The monoisotopic (exact) mass is 500 g/mol. The number of hydrogen-bond donors (Lipinski definition) is 1. The second kappa shape index (κ2) is 8.53. The van der Waals surface area contributed by atoms with Crippen molar-refractivity contribution >= 4 is 11.9 Å². The number of phenols is 1. The Labute approximate surface area is 217 Å². The molecule has 1 amide bonds. The van der Waals surface area contributed by atoms with Crippen molar-refractivity contribution < 1.29 is 24.2 Å². The van der Waals surface area contributed by atoms with Gasteiger partial charge in [-0.25, -0.2) is 0 Å². The molecule has 2 aromatic carbocycles. The second-order valence-corrected chi connectivity index (χ2v) is 11.0. The van der Waals surface area contributed by atoms with E-state index in [9.17, 15) is 14.7 Å². The van der Waals surface area contributed by atoms with Gasteiger partial charge in [-0.05, 0) is 69.8 Å². The smallest absolute Gasteiger partial charge is 0.308 e. The average Bonchev–Trinajstić information content (AvgIpc) is 3.21. The summed E-state index contributed by atoms with van der Waals surface area (Å²) in [6.07, 6.45) is 3.04. The Balaban J connectivity index is 1.40. The lowest BCUT2D eigenvalue weighted by Gasteiger charge is -2.59. The number of aryl methyl sites for hydroxylation is 1. The number of nitrogens with zero attached hydrogens (tertiary/aromatic N) is 2. The highest BCUT2D eigenvalue weighted by Gasteiger charge is 2.66. The van der Waals surface area contributed by atoms with Crippen molar-refractivity contribution in [2.45, 2.75) is 63.1 Å². The maximum absolute atomic E-state index is 13.3. The highest BCUT2D eigenvalue weighted by molar-refractivity contribution is 5.94. The SMILES string of the molecule is CC(=O)Oc1cc(O)c2c3c1C[C@@H]1[C@@H]4CC[C@H](N(C)C(=O)C#Cc5cccc(C)c5)[C@H](O2)[C@]34CCN1C. The number of likely N-dealkylation sites (tertiary alicyclic amines) is 1. The van der Waals surface area contributed by atoms with Gasteiger partial charge in [-0.1, -0.05) is 18.1 Å². The fourth-order valence-electron chi connectivity index (χ4n) is 7.49. The van der Waals surface area contributed by atoms with E-state index >= 15 is 0 Å². The van der Waals surface area contributed by atoms with Crippen molar-refractivity contribution in [3.8, 4) is 29.1 Å². The fraction of sp³-hybridized carbons (Fsp3) is 0.467. The number of benzene rings is 2. The summed E-state index contributed by atoms with van der Waals surface area (Å²) < 4.78 is 12.2. The quantitative estimate of drug-likeness (QED) is 0.388. The summed E-state index contributed by atoms with van der Waals surface area (Å²) in [4.78, 5) is 29.3. The van der Waals surface area contributed by atoms with E-state index in [0.717, 1.165) is 54.5 Å². The van der Waals surface area contributed by atoms with Gasteiger partial charge >= 0.3 is 5.97 Å². The van der Waals surface area contributed by atoms with Gasteiger partial charge in [0.25, 0.3) is 5.91 Å². The summed E-state index contributed by atoms with van der Waals surface area (Å²) >= 11 is 0. The molecule has 5 atom stereocenters. The molecule has 2 aliphatic carbocycles. The molecule has 7 heteroatoms. The zero-order chi connectivity index (χ0) is 26.1. The Bertz CT molecular complexity index is 1370. The molecular weight excluding hydrogens is 468 g/mol. The van der Waals surface area contributed by atoms with Crippen LogP contribution >= 0.6 is 0 Å². The van der Waals surface area contributed by atoms with Crippen molar-refractivity contribution in [2.75, 3.05) is 20.6 Å². The fourth-order valence-corrected chi connectivity index (χ4v) is 7.49. The van der Waals surface area contributed by atoms with Crippen LogP contribution in [0.15, 0.2) is 30.3 Å². The molecule has 0 radical (unpaired) electrons. The molecule has 192 valence electrons. The lowest BCUT2D eigenvalue weighted by Crippen LogP contribution is -2.68. The number of piperidine rings is 1. The lowest BCUT2D eigenvalue weighted by atomic mass is 9.51. The number of carbonyl (C=O) groups excluding carboxylic acids is 2. The molecule has 0 aromatic heterocycles. The van der Waals surface area contributed by atoms with Gasteiger partial charge in [0.15, 0.2) is 11.5 Å². The topological polar surface area (TPSA) is 79.3 Å². The summed E-state index contributed by atoms with van der Waals surface area (Å²) in [6.45, 7) is 4.28. The molecule has 4 aliphatic rings. The predicted octanol–water partition coefficient (Wildman–Crippen LogP) is 3.17. The van der Waals surface area contributed by atoms with Crippen LogP contribution in [0.4, 0.5) is 0 Å². The molecular formula is C30H32N2O5. The number of amides is 1. The number of hydrogen-bond acceptors (Lipinski definition) is 6. The van der Waals surface area contributed by atoms with Gasteiger partial charge in [0.05, 0.1) is 6.04 Å². The zero-order valence-corrected chi connectivity index (χ0v) is 21.7. The van der Waals surface area contributed by atoms with Crippen LogP contribution in [-0.2, 0) is 21.4 Å². The van der Waals surface area contributed by atoms with Gasteiger partial charge in [0.1, 0.15) is 11.9 Å². The molecule has 1 saturated heterocycles. The first-order valence-electron chi connectivity index (χ1n) is 13.0. The summed E-state index contributed by atoms with van der Waals surface area (Å²) in [7, 11) is 3.96. The Morgan fingerprint density at radius 2 is 2.08 bits per heavy atom. The van der Waals surface area contributed by atoms with Crippen molar-refractivity contribution in [3.63, 3.8) is 0 Å². The van der Waals surface area contributed by atoms with E-state index in [2.05, 4.69) is 23.8 Å². The number of ether oxygens (including phenoxy) is 2. The molecule has 2 bridgehead atoms. The number of rotatable bonds is 2. The molecule has 2 aliphatic heterocycles. The molecule has 37 heavy (non-hydrogen) atoms. The molecule has 2 aromatic rings. The van der Waals surface area contributed by atoms with Crippen molar-refractivity contribution in [3.05, 3.63) is 52.6 Å². The molecule has 1 N–H and O–H groups in total. The van der Waals surface area contributed by atoms with E-state index < -0.39 is 5.97 Å². The second-order valence-electron chi connectivity index (χ2n) is 11.0. The predicted molar refractivity (Wildman–Crippen MR) is 138 cm³/mol. The summed E-state index contributed by atoms with van der Waals surface area (Å²) in [5.74, 6) is 6.41. The largest absolute Gasteiger partial charge is 0.504 e. The number of likely N-dealkylation sites (N-methyl/N-ethyl adjacent to an activating group) is 2. The zero-order valence-electron chi connectivity index (χ0n) is 21.7. The third-order valence-corrected chi connectivity index (χ3v) is 9.05. The Hall–Kier alpha value is -3.50. The van der Waals surface area contributed by atoms with Gasteiger partial charge in [0, 0.05) is 54.1 Å². The van der Waals surface area contributed by atoms with Crippen LogP contribution in [0.2, 0.25) is 0 Å². The molecule has 1 spiro atoms. The number of aromatic hydroxyl groups is 1. The van der Waals surface area contributed by atoms with E-state index in [1.54, 1.807) is 4.90 Å². The lowest BCUT2D eigenvalue weighted by molar-refractivity contribution is -0.134. The van der Waals surface area contributed by atoms with E-state index in [-0.39, 0.29) is 35.3 Å². The van der Waals surface area contributed by atoms with Gasteiger partial charge in [-0.3, -0.25) is 9.59 Å². The van der Waals surface area contributed by atoms with Crippen molar-refractivity contribution in [1.82, 2.24) is 9.80 Å². The summed E-state index contributed by atoms with van der Waals surface area (Å²) in [6, 6.07) is 9.41. The Kier molecular flexibility index (Phi) is 5.50. The van der Waals surface area contributed by atoms with Gasteiger partial charge in [0.2, 0.25) is 0 Å². The van der Waals surface area contributed by atoms with E-state index in [1.807, 2.05) is 38.2 Å². The summed E-state index contributed by atoms with van der Waals surface area (Å²) in [5.41, 5.74) is 3.49. The number of esters is 1. The molecule has 7 nitrogen and oxygen atoms in total. The first-order chi connectivity index (χ1) is 17.7. The number of phenolic OH excluding ortho intramolecular Hbond substituents is 1. The van der Waals surface area contributed by atoms with Gasteiger partial charge < -0.3 is 24.4 Å². The van der Waals surface area contributed by atoms with Gasteiger partial charge in [-0.15, -0.1) is 0 Å². The third-order valence-electron chi connectivity index (χ3n) is 9.05. The van der Waals surface area contributed by atoms with Crippen LogP contribution in [0.1, 0.15) is 48.4 Å². The highest BCUT2D eigenvalue weighted by Crippen LogP contribution is 2.65. The maximum atomic E-state index is 13.3. The third kappa shape index (κ3) is 3.53. The van der Waals surface area contributed by atoms with Crippen LogP contribution in [-0.4, -0.2) is 65.6 Å². The van der Waals surface area contributed by atoms with E-state index in [4.69, 9.17) is 9.47 Å². The Morgan fingerprint density at radius 1 is 1.27 bits per heavy atom. The van der Waals surface area contributed by atoms with Crippen LogP contribution in [0.5, 0.6) is 17.2 Å².